The predicted octanol–water partition coefficient (Wildman–Crippen LogP) is 3.98. The number of carbonyl (C=O) groups is 2. The Morgan fingerprint density at radius 2 is 1.68 bits per heavy atom. The Morgan fingerprint density at radius 3 is 2.29 bits per heavy atom. The molecule has 2 aromatic rings. The molecule has 0 spiro atoms. The van der Waals surface area contributed by atoms with Crippen molar-refractivity contribution in [3.63, 3.8) is 0 Å². The third kappa shape index (κ3) is 3.96. The normalized spacial score (nSPS) is 14.2. The van der Waals surface area contributed by atoms with Gasteiger partial charge in [-0.3, -0.25) is 14.5 Å². The first-order valence-electron chi connectivity index (χ1n) is 9.26. The highest BCUT2D eigenvalue weighted by Gasteiger charge is 2.41. The fraction of sp³-hybridized carbons (Fsp3) is 0.273. The Labute approximate surface area is 170 Å². The average Bonchev–Trinajstić information content (AvgIpc) is 2.95. The van der Waals surface area contributed by atoms with Gasteiger partial charge in [-0.2, -0.15) is 0 Å². The van der Waals surface area contributed by atoms with Gasteiger partial charge in [-0.15, -0.1) is 0 Å². The standard InChI is InChI=1S/C22H23ClN2O3/c1-3-24(18-8-5-4-6-9-18)20-19(16-10-12-17(23)13-11-16)21(26)25(22(20)27)14-7-15-28-2/h4-6,8-13H,3,7,14-15H2,1-2H3. The first-order chi connectivity index (χ1) is 13.6. The minimum absolute atomic E-state index is 0.281. The van der Waals surface area contributed by atoms with E-state index in [0.29, 0.717) is 48.0 Å². The number of anilines is 1. The number of rotatable bonds is 8. The molecule has 5 nitrogen and oxygen atoms in total. The van der Waals surface area contributed by atoms with E-state index in [4.69, 9.17) is 16.3 Å². The molecule has 0 saturated heterocycles. The van der Waals surface area contributed by atoms with Crippen LogP contribution in [0.2, 0.25) is 5.02 Å². The van der Waals surface area contributed by atoms with Crippen molar-refractivity contribution in [2.24, 2.45) is 0 Å². The molecule has 1 aliphatic heterocycles. The van der Waals surface area contributed by atoms with Crippen molar-refractivity contribution in [1.29, 1.82) is 0 Å². The zero-order valence-corrected chi connectivity index (χ0v) is 16.8. The number of carbonyl (C=O) groups excluding carboxylic acids is 2. The Balaban J connectivity index is 2.09. The molecule has 28 heavy (non-hydrogen) atoms. The molecule has 3 rings (SSSR count). The predicted molar refractivity (Wildman–Crippen MR) is 111 cm³/mol. The fourth-order valence-electron chi connectivity index (χ4n) is 3.34. The Kier molecular flexibility index (Phi) is 6.49. The van der Waals surface area contributed by atoms with Crippen LogP contribution in [0, 0.1) is 0 Å². The summed E-state index contributed by atoms with van der Waals surface area (Å²) in [5, 5.41) is 0.579. The van der Waals surface area contributed by atoms with Crippen LogP contribution in [0.25, 0.3) is 5.57 Å². The molecule has 0 radical (unpaired) electrons. The number of methoxy groups -OCH3 is 1. The second-order valence-corrected chi connectivity index (χ2v) is 6.86. The molecule has 6 heteroatoms. The number of benzene rings is 2. The average molecular weight is 399 g/mol. The van der Waals surface area contributed by atoms with Gasteiger partial charge in [0.05, 0.1) is 5.57 Å². The van der Waals surface area contributed by atoms with Gasteiger partial charge in [0, 0.05) is 37.5 Å². The highest BCUT2D eigenvalue weighted by molar-refractivity contribution is 6.37. The second-order valence-electron chi connectivity index (χ2n) is 6.42. The molecule has 0 aromatic heterocycles. The van der Waals surface area contributed by atoms with Gasteiger partial charge in [0.1, 0.15) is 5.70 Å². The molecule has 0 saturated carbocycles. The van der Waals surface area contributed by atoms with Gasteiger partial charge in [-0.1, -0.05) is 41.9 Å². The van der Waals surface area contributed by atoms with Crippen LogP contribution in [-0.4, -0.2) is 43.5 Å². The summed E-state index contributed by atoms with van der Waals surface area (Å²) in [5.41, 5.74) is 2.36. The van der Waals surface area contributed by atoms with Gasteiger partial charge in [-0.05, 0) is 43.2 Å². The quantitative estimate of drug-likeness (QED) is 0.498. The number of amides is 2. The van der Waals surface area contributed by atoms with Crippen molar-refractivity contribution in [2.75, 3.05) is 31.7 Å². The topological polar surface area (TPSA) is 49.9 Å². The van der Waals surface area contributed by atoms with Gasteiger partial charge < -0.3 is 9.64 Å². The lowest BCUT2D eigenvalue weighted by molar-refractivity contribution is -0.137. The van der Waals surface area contributed by atoms with Crippen molar-refractivity contribution in [1.82, 2.24) is 4.90 Å². The van der Waals surface area contributed by atoms with Gasteiger partial charge in [0.25, 0.3) is 11.8 Å². The largest absolute Gasteiger partial charge is 0.385 e. The molecule has 2 amide bonds. The second kappa shape index (κ2) is 9.04. The van der Waals surface area contributed by atoms with E-state index in [2.05, 4.69) is 0 Å². The molecule has 2 aromatic carbocycles. The van der Waals surface area contributed by atoms with Crippen LogP contribution in [0.5, 0.6) is 0 Å². The number of hydrogen-bond donors (Lipinski definition) is 0. The van der Waals surface area contributed by atoms with Crippen LogP contribution >= 0.6 is 11.6 Å². The van der Waals surface area contributed by atoms with Crippen molar-refractivity contribution < 1.29 is 14.3 Å². The lowest BCUT2D eigenvalue weighted by atomic mass is 10.0. The van der Waals surface area contributed by atoms with Crippen LogP contribution < -0.4 is 4.90 Å². The molecule has 0 atom stereocenters. The van der Waals surface area contributed by atoms with Crippen molar-refractivity contribution >= 4 is 34.7 Å². The van der Waals surface area contributed by atoms with E-state index in [1.807, 2.05) is 42.2 Å². The summed E-state index contributed by atoms with van der Waals surface area (Å²) in [4.78, 5) is 29.7. The SMILES string of the molecule is CCN(C1=C(c2ccc(Cl)cc2)C(=O)N(CCCOC)C1=O)c1ccccc1. The maximum Gasteiger partial charge on any atom is 0.278 e. The summed E-state index contributed by atoms with van der Waals surface area (Å²) >= 11 is 6.02. The lowest BCUT2D eigenvalue weighted by Gasteiger charge is -2.25. The van der Waals surface area contributed by atoms with Crippen LogP contribution in [0.3, 0.4) is 0 Å². The number of nitrogens with zero attached hydrogens (tertiary/aromatic N) is 2. The summed E-state index contributed by atoms with van der Waals surface area (Å²) in [6.07, 6.45) is 0.590. The third-order valence-electron chi connectivity index (χ3n) is 4.66. The summed E-state index contributed by atoms with van der Waals surface area (Å²) in [5.74, 6) is -0.565. The molecule has 0 bridgehead atoms. The zero-order chi connectivity index (χ0) is 20.1. The maximum absolute atomic E-state index is 13.3. The molecule has 1 heterocycles. The molecular formula is C22H23ClN2O3. The van der Waals surface area contributed by atoms with E-state index in [0.717, 1.165) is 5.69 Å². The lowest BCUT2D eigenvalue weighted by Crippen LogP contribution is -2.36. The highest BCUT2D eigenvalue weighted by Crippen LogP contribution is 2.34. The highest BCUT2D eigenvalue weighted by atomic mass is 35.5. The van der Waals surface area contributed by atoms with E-state index in [9.17, 15) is 9.59 Å². The Bertz CT molecular complexity index is 878. The number of imide groups is 1. The zero-order valence-electron chi connectivity index (χ0n) is 16.0. The monoisotopic (exact) mass is 398 g/mol. The fourth-order valence-corrected chi connectivity index (χ4v) is 3.46. The van der Waals surface area contributed by atoms with E-state index >= 15 is 0 Å². The minimum atomic E-state index is -0.284. The molecule has 0 unspecified atom stereocenters. The first-order valence-corrected chi connectivity index (χ1v) is 9.64. The number of halogens is 1. The molecule has 0 N–H and O–H groups in total. The van der Waals surface area contributed by atoms with Gasteiger partial charge >= 0.3 is 0 Å². The van der Waals surface area contributed by atoms with E-state index in [-0.39, 0.29) is 11.8 Å². The van der Waals surface area contributed by atoms with E-state index in [1.165, 1.54) is 4.90 Å². The molecule has 1 aliphatic rings. The maximum atomic E-state index is 13.3. The minimum Gasteiger partial charge on any atom is -0.385 e. The van der Waals surface area contributed by atoms with Crippen LogP contribution in [0.1, 0.15) is 18.9 Å². The summed E-state index contributed by atoms with van der Waals surface area (Å²) < 4.78 is 5.07. The number of para-hydroxylation sites is 1. The van der Waals surface area contributed by atoms with E-state index in [1.54, 1.807) is 31.4 Å². The smallest absolute Gasteiger partial charge is 0.278 e. The third-order valence-corrected chi connectivity index (χ3v) is 4.91. The molecule has 146 valence electrons. The van der Waals surface area contributed by atoms with Crippen molar-refractivity contribution in [3.8, 4) is 0 Å². The van der Waals surface area contributed by atoms with Crippen molar-refractivity contribution in [2.45, 2.75) is 13.3 Å². The first kappa shape index (κ1) is 20.1. The number of ether oxygens (including phenoxy) is 1. The van der Waals surface area contributed by atoms with Gasteiger partial charge in [0.2, 0.25) is 0 Å². The summed E-state index contributed by atoms with van der Waals surface area (Å²) in [7, 11) is 1.60. The summed E-state index contributed by atoms with van der Waals surface area (Å²) in [6, 6.07) is 16.6. The van der Waals surface area contributed by atoms with Crippen molar-refractivity contribution in [3.05, 3.63) is 70.9 Å². The van der Waals surface area contributed by atoms with E-state index < -0.39 is 0 Å². The molecule has 0 aliphatic carbocycles. The molecule has 0 fully saturated rings. The number of hydrogen-bond acceptors (Lipinski definition) is 4. The Hall–Kier alpha value is -2.63. The summed E-state index contributed by atoms with van der Waals surface area (Å²) in [6.45, 7) is 3.32. The van der Waals surface area contributed by atoms with Gasteiger partial charge in [0.15, 0.2) is 0 Å². The van der Waals surface area contributed by atoms with Crippen LogP contribution in [-0.2, 0) is 14.3 Å². The van der Waals surface area contributed by atoms with Crippen LogP contribution in [0.4, 0.5) is 5.69 Å². The van der Waals surface area contributed by atoms with Crippen LogP contribution in [0.15, 0.2) is 60.3 Å². The Morgan fingerprint density at radius 1 is 1.00 bits per heavy atom. The molecular weight excluding hydrogens is 376 g/mol. The van der Waals surface area contributed by atoms with Gasteiger partial charge in [-0.25, -0.2) is 0 Å². The number of likely N-dealkylation sites (N-methyl/N-ethyl adjacent to an activating group) is 1.